The van der Waals surface area contributed by atoms with Crippen LogP contribution in [-0.2, 0) is 9.59 Å². The van der Waals surface area contributed by atoms with Crippen molar-refractivity contribution in [1.29, 1.82) is 15.8 Å². The molecule has 0 fully saturated rings. The Kier molecular flexibility index (Phi) is 6.40. The maximum Gasteiger partial charge on any atom is 0.243 e. The minimum atomic E-state index is -0.958. The lowest BCUT2D eigenvalue weighted by Gasteiger charge is -2.35. The number of carbonyl (C=O) groups excluding carboxylic acids is 2. The van der Waals surface area contributed by atoms with E-state index in [0.717, 1.165) is 11.8 Å². The predicted molar refractivity (Wildman–Crippen MR) is 88.6 cm³/mol. The summed E-state index contributed by atoms with van der Waals surface area (Å²) in [6, 6.07) is 5.97. The molecule has 1 rings (SSSR count). The first kappa shape index (κ1) is 19.5. The van der Waals surface area contributed by atoms with Crippen molar-refractivity contribution in [3.63, 3.8) is 0 Å². The summed E-state index contributed by atoms with van der Waals surface area (Å²) in [5, 5.41) is 29.6. The van der Waals surface area contributed by atoms with Crippen LogP contribution in [-0.4, -0.2) is 35.6 Å². The molecule has 0 spiro atoms. The Labute approximate surface area is 145 Å². The molecule has 0 bridgehead atoms. The molecule has 24 heavy (non-hydrogen) atoms. The van der Waals surface area contributed by atoms with Gasteiger partial charge in [-0.1, -0.05) is 25.6 Å². The Morgan fingerprint density at radius 2 is 2.04 bits per heavy atom. The van der Waals surface area contributed by atoms with Gasteiger partial charge in [0, 0.05) is 19.0 Å². The summed E-state index contributed by atoms with van der Waals surface area (Å²) in [4.78, 5) is 25.9. The molecule has 2 atom stereocenters. The van der Waals surface area contributed by atoms with Crippen LogP contribution in [0.2, 0.25) is 0 Å². The first-order chi connectivity index (χ1) is 11.2. The standard InChI is InChI=1S/C16H19N5O2S/c1-10(15(23)21(4)7-5-6-17)24-14-12(9-19)16(2,3)11(8-18)13(22)20-14/h10-11H,5,7H2,1-4H3,(H,20,22)/t10-,11+/m0/s1. The van der Waals surface area contributed by atoms with Gasteiger partial charge in [0.1, 0.15) is 5.92 Å². The quantitative estimate of drug-likeness (QED) is 0.806. The highest BCUT2D eigenvalue weighted by molar-refractivity contribution is 8.04. The molecule has 8 heteroatoms. The Morgan fingerprint density at radius 3 is 2.54 bits per heavy atom. The summed E-state index contributed by atoms with van der Waals surface area (Å²) in [5.41, 5.74) is -0.637. The van der Waals surface area contributed by atoms with Gasteiger partial charge in [0.15, 0.2) is 0 Å². The van der Waals surface area contributed by atoms with Gasteiger partial charge in [-0.2, -0.15) is 15.8 Å². The van der Waals surface area contributed by atoms with Gasteiger partial charge in [-0.25, -0.2) is 0 Å². The summed E-state index contributed by atoms with van der Waals surface area (Å²) in [5.74, 6) is -1.63. The third kappa shape index (κ3) is 3.88. The number of hydrogen-bond acceptors (Lipinski definition) is 6. The maximum atomic E-state index is 12.3. The van der Waals surface area contributed by atoms with E-state index in [4.69, 9.17) is 5.26 Å². The second-order valence-corrected chi connectivity index (χ2v) is 7.37. The fraction of sp³-hybridized carbons (Fsp3) is 0.562. The van der Waals surface area contributed by atoms with Crippen molar-refractivity contribution in [3.05, 3.63) is 10.6 Å². The zero-order chi connectivity index (χ0) is 18.5. The average Bonchev–Trinajstić information content (AvgIpc) is 2.51. The van der Waals surface area contributed by atoms with Crippen LogP contribution < -0.4 is 5.32 Å². The first-order valence-electron chi connectivity index (χ1n) is 7.34. The highest BCUT2D eigenvalue weighted by Crippen LogP contribution is 2.42. The van der Waals surface area contributed by atoms with Crippen LogP contribution >= 0.6 is 11.8 Å². The molecule has 0 aliphatic carbocycles. The Bertz CT molecular complexity index is 693. The third-order valence-corrected chi connectivity index (χ3v) is 5.01. The van der Waals surface area contributed by atoms with E-state index in [1.807, 2.05) is 12.1 Å². The number of nitrogens with zero attached hydrogens (tertiary/aromatic N) is 4. The number of amides is 2. The molecule has 126 valence electrons. The number of nitriles is 3. The van der Waals surface area contributed by atoms with Gasteiger partial charge in [-0.05, 0) is 6.92 Å². The molecule has 1 aliphatic heterocycles. The zero-order valence-electron chi connectivity index (χ0n) is 14.1. The van der Waals surface area contributed by atoms with E-state index >= 15 is 0 Å². The lowest BCUT2D eigenvalue weighted by atomic mass is 9.72. The molecule has 1 aliphatic rings. The topological polar surface area (TPSA) is 121 Å². The average molecular weight is 345 g/mol. The fourth-order valence-electron chi connectivity index (χ4n) is 2.38. The number of thioether (sulfide) groups is 1. The molecule has 2 amide bonds. The van der Waals surface area contributed by atoms with Gasteiger partial charge in [0.2, 0.25) is 11.8 Å². The normalized spacial score (nSPS) is 20.2. The minimum absolute atomic E-state index is 0.200. The minimum Gasteiger partial charge on any atom is -0.344 e. The van der Waals surface area contributed by atoms with Crippen LogP contribution in [0.3, 0.4) is 0 Å². The van der Waals surface area contributed by atoms with E-state index in [2.05, 4.69) is 11.4 Å². The zero-order valence-corrected chi connectivity index (χ0v) is 14.9. The molecule has 7 nitrogen and oxygen atoms in total. The van der Waals surface area contributed by atoms with Crippen LogP contribution in [0.5, 0.6) is 0 Å². The maximum absolute atomic E-state index is 12.3. The van der Waals surface area contributed by atoms with Crippen LogP contribution in [0.25, 0.3) is 0 Å². The van der Waals surface area contributed by atoms with E-state index < -0.39 is 22.5 Å². The third-order valence-electron chi connectivity index (χ3n) is 3.91. The highest BCUT2D eigenvalue weighted by atomic mass is 32.2. The second-order valence-electron chi connectivity index (χ2n) is 6.02. The number of rotatable bonds is 5. The molecule has 1 heterocycles. The van der Waals surface area contributed by atoms with Crippen molar-refractivity contribution in [2.24, 2.45) is 11.3 Å². The Balaban J connectivity index is 3.04. The molecule has 1 N–H and O–H groups in total. The lowest BCUT2D eigenvalue weighted by Crippen LogP contribution is -2.45. The van der Waals surface area contributed by atoms with E-state index in [9.17, 15) is 20.1 Å². The van der Waals surface area contributed by atoms with Crippen molar-refractivity contribution in [1.82, 2.24) is 10.2 Å². The van der Waals surface area contributed by atoms with Crippen molar-refractivity contribution >= 4 is 23.6 Å². The molecule has 0 aromatic carbocycles. The smallest absolute Gasteiger partial charge is 0.243 e. The Hall–Kier alpha value is -2.50. The van der Waals surface area contributed by atoms with E-state index in [1.54, 1.807) is 27.8 Å². The summed E-state index contributed by atoms with van der Waals surface area (Å²) >= 11 is 1.08. The molecule has 0 radical (unpaired) electrons. The van der Waals surface area contributed by atoms with Gasteiger partial charge in [-0.15, -0.1) is 0 Å². The van der Waals surface area contributed by atoms with Crippen LogP contribution in [0.1, 0.15) is 27.2 Å². The molecule has 0 aromatic rings. The predicted octanol–water partition coefficient (Wildman–Crippen LogP) is 1.51. The number of carbonyl (C=O) groups is 2. The monoisotopic (exact) mass is 345 g/mol. The van der Waals surface area contributed by atoms with Gasteiger partial charge in [0.05, 0.1) is 40.5 Å². The molecule has 0 aromatic heterocycles. The van der Waals surface area contributed by atoms with E-state index in [0.29, 0.717) is 11.6 Å². The summed E-state index contributed by atoms with van der Waals surface area (Å²) in [6.45, 7) is 5.33. The van der Waals surface area contributed by atoms with E-state index in [-0.39, 0.29) is 17.9 Å². The van der Waals surface area contributed by atoms with Gasteiger partial charge in [-0.3, -0.25) is 9.59 Å². The second kappa shape index (κ2) is 7.86. The van der Waals surface area contributed by atoms with Crippen LogP contribution in [0.4, 0.5) is 0 Å². The highest BCUT2D eigenvalue weighted by Gasteiger charge is 2.45. The Morgan fingerprint density at radius 1 is 1.42 bits per heavy atom. The van der Waals surface area contributed by atoms with Gasteiger partial charge >= 0.3 is 0 Å². The largest absolute Gasteiger partial charge is 0.344 e. The lowest BCUT2D eigenvalue weighted by molar-refractivity contribution is -0.129. The first-order valence-corrected chi connectivity index (χ1v) is 8.22. The molecular formula is C16H19N5O2S. The van der Waals surface area contributed by atoms with Gasteiger partial charge in [0.25, 0.3) is 0 Å². The SMILES string of the molecule is C[C@H](SC1=C(C#N)C(C)(C)[C@H](C#N)C(=O)N1)C(=O)N(C)CCC#N. The van der Waals surface area contributed by atoms with Crippen molar-refractivity contribution in [3.8, 4) is 18.2 Å². The van der Waals surface area contributed by atoms with E-state index in [1.165, 1.54) is 4.90 Å². The van der Waals surface area contributed by atoms with Crippen molar-refractivity contribution < 1.29 is 9.59 Å². The van der Waals surface area contributed by atoms with Crippen LogP contribution in [0.15, 0.2) is 10.6 Å². The van der Waals surface area contributed by atoms with Crippen LogP contribution in [0, 0.1) is 45.3 Å². The number of allylic oxidation sites excluding steroid dienone is 1. The summed E-state index contributed by atoms with van der Waals surface area (Å²) < 4.78 is 0. The van der Waals surface area contributed by atoms with Crippen molar-refractivity contribution in [2.75, 3.05) is 13.6 Å². The molecule has 0 saturated carbocycles. The number of nitrogens with one attached hydrogen (secondary N) is 1. The molecule has 0 unspecified atom stereocenters. The summed E-state index contributed by atoms with van der Waals surface area (Å²) in [6.07, 6.45) is 0.236. The molecule has 0 saturated heterocycles. The molecular weight excluding hydrogens is 326 g/mol. The fourth-order valence-corrected chi connectivity index (χ4v) is 3.60. The summed E-state index contributed by atoms with van der Waals surface area (Å²) in [7, 11) is 1.60. The van der Waals surface area contributed by atoms with Gasteiger partial charge < -0.3 is 10.2 Å². The number of hydrogen-bond donors (Lipinski definition) is 1. The van der Waals surface area contributed by atoms with Crippen molar-refractivity contribution in [2.45, 2.75) is 32.4 Å².